The molecule has 236 valence electrons. The highest BCUT2D eigenvalue weighted by Gasteiger charge is 2.15. The third-order valence-electron chi connectivity index (χ3n) is 6.90. The molecule has 0 unspecified atom stereocenters. The molecule has 0 spiro atoms. The Morgan fingerprint density at radius 2 is 1.70 bits per heavy atom. The molecule has 0 saturated heterocycles. The van der Waals surface area contributed by atoms with Crippen LogP contribution in [0.15, 0.2) is 94.4 Å². The molecule has 0 fully saturated rings. The molecule has 0 aliphatic carbocycles. The number of nitrogens with one attached hydrogen (secondary N) is 1. The number of aromatic nitrogens is 1. The van der Waals surface area contributed by atoms with Gasteiger partial charge in [-0.1, -0.05) is 23.7 Å². The van der Waals surface area contributed by atoms with Gasteiger partial charge in [0.25, 0.3) is 0 Å². The largest absolute Gasteiger partial charge is 0.490 e. The summed E-state index contributed by atoms with van der Waals surface area (Å²) >= 11 is 6.50. The van der Waals surface area contributed by atoms with Crippen LogP contribution in [0, 0.1) is 13.8 Å². The molecule has 0 aliphatic heterocycles. The molecule has 0 bridgehead atoms. The summed E-state index contributed by atoms with van der Waals surface area (Å²) in [5.74, 6) is 0.344. The van der Waals surface area contributed by atoms with Crippen LogP contribution in [0.1, 0.15) is 56.1 Å². The quantitative estimate of drug-likeness (QED) is 0.102. The summed E-state index contributed by atoms with van der Waals surface area (Å²) in [4.78, 5) is 23.9. The maximum Gasteiger partial charge on any atom is 0.335 e. The Bertz CT molecular complexity index is 1860. The van der Waals surface area contributed by atoms with Gasteiger partial charge in [0.05, 0.1) is 23.4 Å². The number of benzene rings is 3. The lowest BCUT2D eigenvalue weighted by molar-refractivity contribution is 0.0696. The van der Waals surface area contributed by atoms with Crippen LogP contribution >= 0.6 is 11.6 Å². The zero-order chi connectivity index (χ0) is 32.6. The smallest absolute Gasteiger partial charge is 0.335 e. The number of ether oxygens (including phenoxy) is 3. The van der Waals surface area contributed by atoms with Crippen molar-refractivity contribution in [2.24, 2.45) is 5.10 Å². The molecule has 1 amide bonds. The van der Waals surface area contributed by atoms with Gasteiger partial charge in [0, 0.05) is 17.1 Å². The van der Waals surface area contributed by atoms with Gasteiger partial charge in [-0.05, 0) is 105 Å². The normalized spacial score (nSPS) is 11.0. The lowest BCUT2D eigenvalue weighted by atomic mass is 10.1. The van der Waals surface area contributed by atoms with Gasteiger partial charge in [-0.25, -0.2) is 10.2 Å². The Hall–Kier alpha value is -5.48. The fourth-order valence-electron chi connectivity index (χ4n) is 4.73. The fourth-order valence-corrected chi connectivity index (χ4v) is 5.01. The van der Waals surface area contributed by atoms with Crippen molar-refractivity contribution in [1.29, 1.82) is 0 Å². The van der Waals surface area contributed by atoms with Crippen molar-refractivity contribution in [2.75, 3.05) is 6.61 Å². The molecule has 5 rings (SSSR count). The standard InChI is InChI=1S/C35H32ClN3O7/c1-4-43-32-18-25(17-30(36)33(32)45-20-24-6-5-7-26(16-24)35(41)42)19-37-38-34(40)31-15-14-29(46-31)21-44-28-12-10-27(11-13-28)39-22(2)8-9-23(39)3/h5-19H,4,20-21H2,1-3H3,(H,38,40)(H,41,42)/b37-19+. The molecule has 3 aromatic carbocycles. The minimum Gasteiger partial charge on any atom is -0.490 e. The number of amides is 1. The highest BCUT2D eigenvalue weighted by molar-refractivity contribution is 6.32. The SMILES string of the molecule is CCOc1cc(/C=N/NC(=O)c2ccc(COc3ccc(-n4c(C)ccc4C)cc3)o2)cc(Cl)c1OCc1cccc(C(=O)O)c1. The van der Waals surface area contributed by atoms with E-state index in [9.17, 15) is 14.7 Å². The summed E-state index contributed by atoms with van der Waals surface area (Å²) in [6.07, 6.45) is 1.42. The van der Waals surface area contributed by atoms with E-state index in [4.69, 9.17) is 30.2 Å². The van der Waals surface area contributed by atoms with Crippen LogP contribution in [0.25, 0.3) is 5.69 Å². The predicted octanol–water partition coefficient (Wildman–Crippen LogP) is 7.36. The van der Waals surface area contributed by atoms with Crippen LogP contribution in [0.5, 0.6) is 17.2 Å². The van der Waals surface area contributed by atoms with Crippen molar-refractivity contribution >= 4 is 29.7 Å². The van der Waals surface area contributed by atoms with E-state index in [2.05, 4.69) is 41.1 Å². The van der Waals surface area contributed by atoms with Gasteiger partial charge in [-0.15, -0.1) is 0 Å². The van der Waals surface area contributed by atoms with Gasteiger partial charge in [0.1, 0.15) is 24.7 Å². The first kappa shape index (κ1) is 31.9. The zero-order valence-electron chi connectivity index (χ0n) is 25.5. The summed E-state index contributed by atoms with van der Waals surface area (Å²) in [7, 11) is 0. The second-order valence-electron chi connectivity index (χ2n) is 10.3. The van der Waals surface area contributed by atoms with Crippen molar-refractivity contribution in [3.05, 3.63) is 130 Å². The van der Waals surface area contributed by atoms with Crippen LogP contribution in [0.3, 0.4) is 0 Å². The number of carboxylic acid groups (broad SMARTS) is 1. The summed E-state index contributed by atoms with van der Waals surface area (Å²) in [6.45, 7) is 6.52. The predicted molar refractivity (Wildman–Crippen MR) is 174 cm³/mol. The lowest BCUT2D eigenvalue weighted by Crippen LogP contribution is -2.16. The third-order valence-corrected chi connectivity index (χ3v) is 7.18. The molecule has 2 aromatic heterocycles. The Kier molecular flexibility index (Phi) is 10.1. The number of aryl methyl sites for hydroxylation is 2. The first-order valence-electron chi connectivity index (χ1n) is 14.4. The number of furan rings is 1. The van der Waals surface area contributed by atoms with E-state index in [-0.39, 0.29) is 29.6 Å². The van der Waals surface area contributed by atoms with Gasteiger partial charge in [-0.2, -0.15) is 5.10 Å². The first-order chi connectivity index (χ1) is 22.2. The van der Waals surface area contributed by atoms with Crippen molar-refractivity contribution in [1.82, 2.24) is 9.99 Å². The van der Waals surface area contributed by atoms with Crippen molar-refractivity contribution in [2.45, 2.75) is 34.0 Å². The molecule has 0 aliphatic rings. The maximum absolute atomic E-state index is 12.6. The van der Waals surface area contributed by atoms with Crippen LogP contribution in [0.2, 0.25) is 5.02 Å². The van der Waals surface area contributed by atoms with E-state index in [1.54, 1.807) is 36.4 Å². The van der Waals surface area contributed by atoms with E-state index in [1.165, 1.54) is 18.3 Å². The minimum atomic E-state index is -1.02. The van der Waals surface area contributed by atoms with Crippen molar-refractivity contribution in [3.63, 3.8) is 0 Å². The van der Waals surface area contributed by atoms with E-state index in [1.807, 2.05) is 31.2 Å². The Morgan fingerprint density at radius 3 is 2.41 bits per heavy atom. The van der Waals surface area contributed by atoms with E-state index in [0.717, 1.165) is 17.1 Å². The number of carbonyl (C=O) groups excluding carboxylic acids is 1. The van der Waals surface area contributed by atoms with Crippen LogP contribution in [-0.4, -0.2) is 34.4 Å². The van der Waals surface area contributed by atoms with Crippen molar-refractivity contribution in [3.8, 4) is 22.9 Å². The average molecular weight is 642 g/mol. The Balaban J connectivity index is 1.16. The number of hydrogen-bond acceptors (Lipinski definition) is 7. The number of halogens is 1. The van der Waals surface area contributed by atoms with E-state index >= 15 is 0 Å². The number of aromatic carboxylic acids is 1. The molecule has 2 heterocycles. The number of carboxylic acids is 1. The highest BCUT2D eigenvalue weighted by atomic mass is 35.5. The molecule has 2 N–H and O–H groups in total. The van der Waals surface area contributed by atoms with E-state index in [0.29, 0.717) is 40.7 Å². The molecular formula is C35H32ClN3O7. The van der Waals surface area contributed by atoms with Gasteiger partial charge in [0.2, 0.25) is 0 Å². The van der Waals surface area contributed by atoms with Gasteiger partial charge < -0.3 is 28.3 Å². The molecule has 0 radical (unpaired) electrons. The van der Waals surface area contributed by atoms with Gasteiger partial charge in [0.15, 0.2) is 17.3 Å². The molecule has 0 atom stereocenters. The average Bonchev–Trinajstić information content (AvgIpc) is 3.66. The summed E-state index contributed by atoms with van der Waals surface area (Å²) < 4.78 is 25.3. The molecule has 11 heteroatoms. The zero-order valence-corrected chi connectivity index (χ0v) is 26.2. The minimum absolute atomic E-state index is 0.0772. The number of nitrogens with zero attached hydrogens (tertiary/aromatic N) is 2. The number of hydrogen-bond donors (Lipinski definition) is 2. The summed E-state index contributed by atoms with van der Waals surface area (Å²) in [5.41, 5.74) is 7.16. The summed E-state index contributed by atoms with van der Waals surface area (Å²) in [6, 6.07) is 24.8. The van der Waals surface area contributed by atoms with Crippen LogP contribution < -0.4 is 19.6 Å². The number of carbonyl (C=O) groups is 2. The van der Waals surface area contributed by atoms with Crippen molar-refractivity contribution < 1.29 is 33.3 Å². The topological polar surface area (TPSA) is 125 Å². The molecule has 0 saturated carbocycles. The van der Waals surface area contributed by atoms with E-state index < -0.39 is 11.9 Å². The van der Waals surface area contributed by atoms with Crippen LogP contribution in [0.4, 0.5) is 0 Å². The first-order valence-corrected chi connectivity index (χ1v) is 14.8. The Morgan fingerprint density at radius 1 is 0.935 bits per heavy atom. The molecular weight excluding hydrogens is 610 g/mol. The lowest BCUT2D eigenvalue weighted by Gasteiger charge is -2.14. The maximum atomic E-state index is 12.6. The van der Waals surface area contributed by atoms with Gasteiger partial charge in [-0.3, -0.25) is 4.79 Å². The third kappa shape index (κ3) is 7.77. The molecule has 46 heavy (non-hydrogen) atoms. The second kappa shape index (κ2) is 14.5. The monoisotopic (exact) mass is 641 g/mol. The molecule has 5 aromatic rings. The summed E-state index contributed by atoms with van der Waals surface area (Å²) in [5, 5.41) is 13.5. The highest BCUT2D eigenvalue weighted by Crippen LogP contribution is 2.37. The number of rotatable bonds is 13. The fraction of sp³-hybridized carbons (Fsp3) is 0.171. The van der Waals surface area contributed by atoms with Gasteiger partial charge >= 0.3 is 11.9 Å². The second-order valence-corrected chi connectivity index (χ2v) is 10.7. The molecule has 10 nitrogen and oxygen atoms in total. The number of hydrazone groups is 1. The van der Waals surface area contributed by atoms with Crippen LogP contribution in [-0.2, 0) is 13.2 Å². The Labute approximate surface area is 270 Å².